The summed E-state index contributed by atoms with van der Waals surface area (Å²) in [7, 11) is 0. The third-order valence-corrected chi connectivity index (χ3v) is 0.938. The zero-order chi connectivity index (χ0) is 5.11. The van der Waals surface area contributed by atoms with Gasteiger partial charge in [0.05, 0.1) is 0 Å². The molecule has 7 heavy (non-hydrogen) atoms. The summed E-state index contributed by atoms with van der Waals surface area (Å²) < 4.78 is 0. The van der Waals surface area contributed by atoms with Crippen molar-refractivity contribution >= 4 is 0 Å². The Morgan fingerprint density at radius 3 is 2.86 bits per heavy atom. The van der Waals surface area contributed by atoms with E-state index in [0.717, 1.165) is 12.1 Å². The number of rotatable bonds is 1. The van der Waals surface area contributed by atoms with E-state index in [2.05, 4.69) is 11.5 Å². The van der Waals surface area contributed by atoms with Gasteiger partial charge in [-0.05, 0) is 12.5 Å². The van der Waals surface area contributed by atoms with E-state index in [-0.39, 0.29) is 0 Å². The van der Waals surface area contributed by atoms with Gasteiger partial charge in [0.25, 0.3) is 0 Å². The van der Waals surface area contributed by atoms with Crippen LogP contribution in [0.15, 0.2) is 23.9 Å². The van der Waals surface area contributed by atoms with Gasteiger partial charge in [-0.3, -0.25) is 5.84 Å². The molecular formula is C5H8N2. The normalized spacial score (nSPS) is 17.0. The zero-order valence-corrected chi connectivity index (χ0v) is 4.02. The number of hydrazine groups is 1. The lowest BCUT2D eigenvalue weighted by Gasteiger charge is -1.90. The Morgan fingerprint density at radius 2 is 2.57 bits per heavy atom. The van der Waals surface area contributed by atoms with Gasteiger partial charge in [0.15, 0.2) is 0 Å². The maximum Gasteiger partial charge on any atom is 0.0445 e. The molecule has 2 heteroatoms. The van der Waals surface area contributed by atoms with Gasteiger partial charge in [-0.1, -0.05) is 12.2 Å². The highest BCUT2D eigenvalue weighted by Crippen LogP contribution is 2.02. The van der Waals surface area contributed by atoms with Crippen molar-refractivity contribution in [3.05, 3.63) is 23.9 Å². The van der Waals surface area contributed by atoms with Crippen molar-refractivity contribution in [2.75, 3.05) is 0 Å². The zero-order valence-electron chi connectivity index (χ0n) is 4.02. The van der Waals surface area contributed by atoms with Crippen molar-refractivity contribution in [3.8, 4) is 0 Å². The third-order valence-electron chi connectivity index (χ3n) is 0.938. The molecule has 0 amide bonds. The van der Waals surface area contributed by atoms with Crippen molar-refractivity contribution in [1.82, 2.24) is 5.43 Å². The Morgan fingerprint density at radius 1 is 1.71 bits per heavy atom. The topological polar surface area (TPSA) is 38.0 Å². The molecule has 1 aliphatic carbocycles. The number of nitrogens with two attached hydrogens (primary N) is 1. The highest BCUT2D eigenvalue weighted by molar-refractivity contribution is 5.23. The molecule has 1 rings (SSSR count). The number of hydrogen-bond donors (Lipinski definition) is 2. The van der Waals surface area contributed by atoms with Crippen molar-refractivity contribution in [2.24, 2.45) is 5.84 Å². The van der Waals surface area contributed by atoms with Crippen LogP contribution in [0.3, 0.4) is 0 Å². The molecule has 1 aliphatic rings. The molecule has 0 bridgehead atoms. The van der Waals surface area contributed by atoms with Gasteiger partial charge < -0.3 is 5.43 Å². The molecule has 0 atom stereocenters. The van der Waals surface area contributed by atoms with Crippen LogP contribution < -0.4 is 11.3 Å². The summed E-state index contributed by atoms with van der Waals surface area (Å²) >= 11 is 0. The average Bonchev–Trinajstić information content (AvgIpc) is 2.14. The average molecular weight is 96.1 g/mol. The molecule has 0 aromatic heterocycles. The van der Waals surface area contributed by atoms with E-state index in [4.69, 9.17) is 5.84 Å². The molecule has 0 saturated heterocycles. The van der Waals surface area contributed by atoms with Gasteiger partial charge in [-0.15, -0.1) is 0 Å². The predicted octanol–water partition coefficient (Wildman–Crippen LogP) is 0.294. The minimum Gasteiger partial charge on any atom is -0.324 e. The number of allylic oxidation sites excluding steroid dienone is 3. The molecule has 3 N–H and O–H groups in total. The molecule has 38 valence electrons. The van der Waals surface area contributed by atoms with E-state index in [1.807, 2.05) is 12.2 Å². The summed E-state index contributed by atoms with van der Waals surface area (Å²) in [5, 5.41) is 0. The molecule has 0 aliphatic heterocycles. The second-order valence-electron chi connectivity index (χ2n) is 1.44. The first-order valence-electron chi connectivity index (χ1n) is 2.27. The van der Waals surface area contributed by atoms with Crippen LogP contribution in [0.1, 0.15) is 6.42 Å². The molecule has 0 saturated carbocycles. The van der Waals surface area contributed by atoms with Crippen LogP contribution in [0.4, 0.5) is 0 Å². The Labute approximate surface area is 42.7 Å². The minimum atomic E-state index is 1.01. The van der Waals surface area contributed by atoms with Crippen LogP contribution in [0.2, 0.25) is 0 Å². The first-order chi connectivity index (χ1) is 3.43. The summed E-state index contributed by atoms with van der Waals surface area (Å²) in [5.74, 6) is 5.06. The molecule has 0 spiro atoms. The third kappa shape index (κ3) is 0.810. The second-order valence-corrected chi connectivity index (χ2v) is 1.44. The first kappa shape index (κ1) is 4.40. The summed E-state index contributed by atoms with van der Waals surface area (Å²) in [6.45, 7) is 0. The lowest BCUT2D eigenvalue weighted by molar-refractivity contribution is 0.918. The quantitative estimate of drug-likeness (QED) is 0.364. The van der Waals surface area contributed by atoms with E-state index in [0.29, 0.717) is 0 Å². The van der Waals surface area contributed by atoms with Gasteiger partial charge in [0.2, 0.25) is 0 Å². The highest BCUT2D eigenvalue weighted by Gasteiger charge is 1.89. The lowest BCUT2D eigenvalue weighted by atomic mass is 10.5. The monoisotopic (exact) mass is 96.1 g/mol. The SMILES string of the molecule is NNC1=CCC=C1. The van der Waals surface area contributed by atoms with Crippen LogP contribution in [0.5, 0.6) is 0 Å². The lowest BCUT2D eigenvalue weighted by Crippen LogP contribution is -2.18. The molecule has 2 nitrogen and oxygen atoms in total. The molecule has 0 aromatic carbocycles. The van der Waals surface area contributed by atoms with Crippen LogP contribution in [0, 0.1) is 0 Å². The fraction of sp³-hybridized carbons (Fsp3) is 0.200. The van der Waals surface area contributed by atoms with Gasteiger partial charge >= 0.3 is 0 Å². The van der Waals surface area contributed by atoms with Crippen LogP contribution in [0.25, 0.3) is 0 Å². The molecule has 0 radical (unpaired) electrons. The van der Waals surface area contributed by atoms with E-state index in [1.54, 1.807) is 0 Å². The van der Waals surface area contributed by atoms with Crippen molar-refractivity contribution < 1.29 is 0 Å². The molecule has 0 fully saturated rings. The molecule has 0 heterocycles. The Balaban J connectivity index is 2.52. The minimum absolute atomic E-state index is 1.01. The van der Waals surface area contributed by atoms with Crippen molar-refractivity contribution in [2.45, 2.75) is 6.42 Å². The molecule has 0 aromatic rings. The van der Waals surface area contributed by atoms with E-state index in [1.165, 1.54) is 0 Å². The van der Waals surface area contributed by atoms with Crippen LogP contribution in [-0.2, 0) is 0 Å². The summed E-state index contributed by atoms with van der Waals surface area (Å²) in [5.41, 5.74) is 3.55. The molecule has 0 unspecified atom stereocenters. The van der Waals surface area contributed by atoms with Crippen LogP contribution in [-0.4, -0.2) is 0 Å². The maximum absolute atomic E-state index is 5.06. The van der Waals surface area contributed by atoms with Crippen molar-refractivity contribution in [3.63, 3.8) is 0 Å². The van der Waals surface area contributed by atoms with E-state index in [9.17, 15) is 0 Å². The van der Waals surface area contributed by atoms with Gasteiger partial charge in [-0.25, -0.2) is 0 Å². The highest BCUT2D eigenvalue weighted by atomic mass is 15.2. The predicted molar refractivity (Wildman–Crippen MR) is 29.2 cm³/mol. The standard InChI is InChI=1S/C5H8N2/c6-7-5-3-1-2-4-5/h1,3-4,7H,2,6H2. The van der Waals surface area contributed by atoms with Gasteiger partial charge in [0, 0.05) is 5.70 Å². The van der Waals surface area contributed by atoms with E-state index >= 15 is 0 Å². The summed E-state index contributed by atoms with van der Waals surface area (Å²) in [6, 6.07) is 0. The number of nitrogens with one attached hydrogen (secondary N) is 1. The first-order valence-corrected chi connectivity index (χ1v) is 2.27. The fourth-order valence-electron chi connectivity index (χ4n) is 0.565. The largest absolute Gasteiger partial charge is 0.324 e. The Bertz CT molecular complexity index is 113. The molecular weight excluding hydrogens is 88.1 g/mol. The van der Waals surface area contributed by atoms with Gasteiger partial charge in [-0.2, -0.15) is 0 Å². The smallest absolute Gasteiger partial charge is 0.0445 e. The second kappa shape index (κ2) is 1.80. The Kier molecular flexibility index (Phi) is 1.13. The fourth-order valence-corrected chi connectivity index (χ4v) is 0.565. The van der Waals surface area contributed by atoms with Crippen LogP contribution >= 0.6 is 0 Å². The Hall–Kier alpha value is -0.760. The van der Waals surface area contributed by atoms with E-state index < -0.39 is 0 Å². The number of hydrogen-bond acceptors (Lipinski definition) is 2. The van der Waals surface area contributed by atoms with Gasteiger partial charge in [0.1, 0.15) is 0 Å². The summed E-state index contributed by atoms with van der Waals surface area (Å²) in [6.07, 6.45) is 7.05. The summed E-state index contributed by atoms with van der Waals surface area (Å²) in [4.78, 5) is 0. The maximum atomic E-state index is 5.06. The van der Waals surface area contributed by atoms with Crippen molar-refractivity contribution in [1.29, 1.82) is 0 Å².